The Morgan fingerprint density at radius 2 is 1.61 bits per heavy atom. The van der Waals surface area contributed by atoms with Gasteiger partial charge in [-0.3, -0.25) is 0 Å². The Morgan fingerprint density at radius 1 is 0.957 bits per heavy atom. The van der Waals surface area contributed by atoms with Gasteiger partial charge in [0, 0.05) is 12.3 Å². The molecular formula is C20H25F3. The van der Waals surface area contributed by atoms with Gasteiger partial charge in [0.2, 0.25) is 0 Å². The zero-order chi connectivity index (χ0) is 16.4. The molecule has 0 spiro atoms. The molecule has 126 valence electrons. The van der Waals surface area contributed by atoms with Crippen LogP contribution in [-0.2, 0) is 0 Å². The second-order valence-corrected chi connectivity index (χ2v) is 7.23. The fourth-order valence-corrected chi connectivity index (χ4v) is 4.46. The first kappa shape index (κ1) is 16.6. The Bertz CT molecular complexity index is 526. The average molecular weight is 322 g/mol. The van der Waals surface area contributed by atoms with Crippen molar-refractivity contribution in [3.05, 3.63) is 42.0 Å². The number of alkyl halides is 3. The average Bonchev–Trinajstić information content (AvgIpc) is 2.54. The van der Waals surface area contributed by atoms with Gasteiger partial charge < -0.3 is 0 Å². The largest absolute Gasteiger partial charge is 0.253 e. The Balaban J connectivity index is 1.60. The lowest BCUT2D eigenvalue weighted by atomic mass is 9.68. The van der Waals surface area contributed by atoms with Crippen LogP contribution in [0.1, 0.15) is 62.0 Å². The molecule has 2 fully saturated rings. The van der Waals surface area contributed by atoms with E-state index in [-0.39, 0.29) is 5.92 Å². The van der Waals surface area contributed by atoms with Gasteiger partial charge in [0.25, 0.3) is 5.92 Å². The zero-order valence-electron chi connectivity index (χ0n) is 13.5. The third kappa shape index (κ3) is 3.64. The molecule has 0 heterocycles. The van der Waals surface area contributed by atoms with Crippen LogP contribution in [0, 0.1) is 11.8 Å². The molecule has 0 N–H and O–H groups in total. The van der Waals surface area contributed by atoms with Gasteiger partial charge in [0.15, 0.2) is 0 Å². The molecule has 23 heavy (non-hydrogen) atoms. The van der Waals surface area contributed by atoms with E-state index in [1.54, 1.807) is 0 Å². The van der Waals surface area contributed by atoms with Crippen LogP contribution in [-0.4, -0.2) is 12.1 Å². The van der Waals surface area contributed by atoms with Gasteiger partial charge >= 0.3 is 0 Å². The minimum atomic E-state index is -2.82. The summed E-state index contributed by atoms with van der Waals surface area (Å²) in [5.74, 6) is -2.91. The monoisotopic (exact) mass is 322 g/mol. The zero-order valence-corrected chi connectivity index (χ0v) is 13.5. The first-order valence-corrected chi connectivity index (χ1v) is 8.74. The molecule has 0 bridgehead atoms. The molecule has 2 aliphatic carbocycles. The van der Waals surface area contributed by atoms with Crippen LogP contribution >= 0.6 is 0 Å². The highest BCUT2D eigenvalue weighted by Crippen LogP contribution is 2.49. The van der Waals surface area contributed by atoms with Crippen LogP contribution in [0.25, 0.3) is 6.08 Å². The van der Waals surface area contributed by atoms with Crippen LogP contribution in [0.2, 0.25) is 0 Å². The predicted molar refractivity (Wildman–Crippen MR) is 88.4 cm³/mol. The summed E-state index contributed by atoms with van der Waals surface area (Å²) >= 11 is 0. The van der Waals surface area contributed by atoms with Crippen molar-refractivity contribution in [3.8, 4) is 0 Å². The molecule has 1 aromatic carbocycles. The molecule has 1 aromatic rings. The van der Waals surface area contributed by atoms with Crippen molar-refractivity contribution in [2.75, 3.05) is 0 Å². The molecule has 0 nitrogen and oxygen atoms in total. The second-order valence-electron chi connectivity index (χ2n) is 7.23. The van der Waals surface area contributed by atoms with Crippen molar-refractivity contribution in [3.63, 3.8) is 0 Å². The molecule has 0 aromatic heterocycles. The molecule has 0 amide bonds. The maximum Gasteiger partial charge on any atom is 0.253 e. The number of hydrogen-bond acceptors (Lipinski definition) is 0. The first-order valence-electron chi connectivity index (χ1n) is 8.74. The van der Waals surface area contributed by atoms with E-state index in [1.807, 2.05) is 6.08 Å². The third-order valence-corrected chi connectivity index (χ3v) is 5.81. The maximum absolute atomic E-state index is 14.2. The van der Waals surface area contributed by atoms with Gasteiger partial charge in [-0.2, -0.15) is 0 Å². The molecule has 0 saturated heterocycles. The highest BCUT2D eigenvalue weighted by Gasteiger charge is 2.49. The standard InChI is InChI=1S/C20H25F3/c1-2-14-3-5-15(6-4-14)16-7-9-17(10-8-16)19-12-11-18(21)13-20(19,22)23/h2-6,16-19H,1,7-13H2. The number of halogens is 3. The van der Waals surface area contributed by atoms with Crippen molar-refractivity contribution in [1.82, 2.24) is 0 Å². The number of benzene rings is 1. The summed E-state index contributed by atoms with van der Waals surface area (Å²) in [6.45, 7) is 3.76. The summed E-state index contributed by atoms with van der Waals surface area (Å²) < 4.78 is 41.6. The summed E-state index contributed by atoms with van der Waals surface area (Å²) in [5.41, 5.74) is 2.40. The fraction of sp³-hybridized carbons (Fsp3) is 0.600. The quantitative estimate of drug-likeness (QED) is 0.606. The van der Waals surface area contributed by atoms with Gasteiger partial charge in [0.1, 0.15) is 6.17 Å². The smallest absolute Gasteiger partial charge is 0.247 e. The Kier molecular flexibility index (Phi) is 4.84. The van der Waals surface area contributed by atoms with Gasteiger partial charge in [-0.25, -0.2) is 13.2 Å². The molecule has 0 radical (unpaired) electrons. The van der Waals surface area contributed by atoms with Gasteiger partial charge in [-0.1, -0.05) is 36.9 Å². The number of rotatable bonds is 3. The van der Waals surface area contributed by atoms with E-state index in [0.29, 0.717) is 18.8 Å². The summed E-state index contributed by atoms with van der Waals surface area (Å²) in [6.07, 6.45) is 4.19. The highest BCUT2D eigenvalue weighted by atomic mass is 19.3. The van der Waals surface area contributed by atoms with Crippen LogP contribution < -0.4 is 0 Å². The summed E-state index contributed by atoms with van der Waals surface area (Å²) in [5, 5.41) is 0. The SMILES string of the molecule is C=Cc1ccc(C2CCC(C3CCC(F)CC3(F)F)CC2)cc1. The molecule has 2 atom stereocenters. The van der Waals surface area contributed by atoms with E-state index < -0.39 is 24.4 Å². The van der Waals surface area contributed by atoms with Gasteiger partial charge in [0.05, 0.1) is 0 Å². The Hall–Kier alpha value is -1.25. The Labute approximate surface area is 136 Å². The molecule has 3 rings (SSSR count). The molecule has 2 saturated carbocycles. The minimum absolute atomic E-state index is 0.0567. The summed E-state index contributed by atoms with van der Waals surface area (Å²) in [6, 6.07) is 8.38. The fourth-order valence-electron chi connectivity index (χ4n) is 4.46. The lowest BCUT2D eigenvalue weighted by Crippen LogP contribution is -2.41. The van der Waals surface area contributed by atoms with E-state index in [9.17, 15) is 13.2 Å². The predicted octanol–water partition coefficient (Wildman–Crippen LogP) is 6.38. The first-order chi connectivity index (χ1) is 11.0. The van der Waals surface area contributed by atoms with Crippen LogP contribution in [0.15, 0.2) is 30.8 Å². The molecule has 3 heteroatoms. The maximum atomic E-state index is 14.2. The van der Waals surface area contributed by atoms with E-state index in [1.165, 1.54) is 5.56 Å². The Morgan fingerprint density at radius 3 is 2.17 bits per heavy atom. The number of hydrogen-bond donors (Lipinski definition) is 0. The van der Waals surface area contributed by atoms with E-state index in [0.717, 1.165) is 31.2 Å². The molecule has 2 aliphatic rings. The highest BCUT2D eigenvalue weighted by molar-refractivity contribution is 5.47. The summed E-state index contributed by atoms with van der Waals surface area (Å²) in [7, 11) is 0. The van der Waals surface area contributed by atoms with Gasteiger partial charge in [-0.05, 0) is 61.5 Å². The van der Waals surface area contributed by atoms with Crippen molar-refractivity contribution >= 4 is 6.08 Å². The van der Waals surface area contributed by atoms with E-state index in [4.69, 9.17) is 0 Å². The minimum Gasteiger partial charge on any atom is -0.247 e. The third-order valence-electron chi connectivity index (χ3n) is 5.81. The van der Waals surface area contributed by atoms with Crippen LogP contribution in [0.5, 0.6) is 0 Å². The lowest BCUT2D eigenvalue weighted by Gasteiger charge is -2.41. The van der Waals surface area contributed by atoms with Crippen molar-refractivity contribution in [2.24, 2.45) is 11.8 Å². The van der Waals surface area contributed by atoms with Crippen LogP contribution in [0.4, 0.5) is 13.2 Å². The topological polar surface area (TPSA) is 0 Å². The van der Waals surface area contributed by atoms with E-state index >= 15 is 0 Å². The summed E-state index contributed by atoms with van der Waals surface area (Å²) in [4.78, 5) is 0. The van der Waals surface area contributed by atoms with Gasteiger partial charge in [-0.15, -0.1) is 0 Å². The normalized spacial score (nSPS) is 34.0. The van der Waals surface area contributed by atoms with Crippen molar-refractivity contribution in [2.45, 2.75) is 63.0 Å². The molecule has 2 unspecified atom stereocenters. The second kappa shape index (κ2) is 6.70. The van der Waals surface area contributed by atoms with Crippen molar-refractivity contribution < 1.29 is 13.2 Å². The van der Waals surface area contributed by atoms with Crippen molar-refractivity contribution in [1.29, 1.82) is 0 Å². The lowest BCUT2D eigenvalue weighted by molar-refractivity contribution is -0.129. The molecular weight excluding hydrogens is 297 g/mol. The molecule has 0 aliphatic heterocycles. The van der Waals surface area contributed by atoms with Crippen LogP contribution in [0.3, 0.4) is 0 Å². The van der Waals surface area contributed by atoms with E-state index in [2.05, 4.69) is 30.8 Å².